The number of hydrogen-bond acceptors (Lipinski definition) is 6. The topological polar surface area (TPSA) is 121 Å². The molecule has 0 radical (unpaired) electrons. The van der Waals surface area contributed by atoms with E-state index in [2.05, 4.69) is 16.7 Å². The van der Waals surface area contributed by atoms with Crippen LogP contribution in [0.15, 0.2) is 66.4 Å². The number of benzene rings is 3. The Morgan fingerprint density at radius 2 is 1.80 bits per heavy atom. The van der Waals surface area contributed by atoms with Crippen molar-refractivity contribution in [3.8, 4) is 17.6 Å². The van der Waals surface area contributed by atoms with E-state index in [1.165, 1.54) is 6.08 Å². The summed E-state index contributed by atoms with van der Waals surface area (Å²) < 4.78 is 11.6. The summed E-state index contributed by atoms with van der Waals surface area (Å²) in [4.78, 5) is 39.0. The first-order valence-corrected chi connectivity index (χ1v) is 13.0. The van der Waals surface area contributed by atoms with Crippen LogP contribution in [-0.2, 0) is 22.6 Å². The molecular weight excluding hydrogens is 532 g/mol. The van der Waals surface area contributed by atoms with E-state index >= 15 is 0 Å². The average molecular weight is 559 g/mol. The second kappa shape index (κ2) is 12.8. The molecule has 1 heterocycles. The molecule has 10 heteroatoms. The predicted molar refractivity (Wildman–Crippen MR) is 151 cm³/mol. The van der Waals surface area contributed by atoms with Gasteiger partial charge < -0.3 is 20.1 Å². The van der Waals surface area contributed by atoms with Gasteiger partial charge in [0.1, 0.15) is 18.8 Å². The molecule has 2 N–H and O–H groups in total. The lowest BCUT2D eigenvalue weighted by Gasteiger charge is -2.15. The molecule has 1 aliphatic rings. The van der Waals surface area contributed by atoms with E-state index in [1.807, 2.05) is 25.1 Å². The summed E-state index contributed by atoms with van der Waals surface area (Å²) in [5.74, 6) is -0.525. The molecule has 1 fully saturated rings. The van der Waals surface area contributed by atoms with Crippen molar-refractivity contribution in [2.75, 3.05) is 18.5 Å². The van der Waals surface area contributed by atoms with Gasteiger partial charge >= 0.3 is 6.03 Å². The molecule has 0 aliphatic carbocycles. The van der Waals surface area contributed by atoms with Gasteiger partial charge in [0.15, 0.2) is 11.5 Å². The highest BCUT2D eigenvalue weighted by Gasteiger charge is 2.35. The number of para-hydroxylation sites is 1. The second-order valence-corrected chi connectivity index (χ2v) is 9.17. The molecule has 40 heavy (non-hydrogen) atoms. The SMILES string of the molecule is CCOc1cc(/C=C2/NC(=O)N(CC(=O)Nc3ccccc3CC)C2=O)cc(Cl)c1OCc1ccccc1C#N. The molecule has 9 nitrogen and oxygen atoms in total. The lowest BCUT2D eigenvalue weighted by atomic mass is 10.1. The molecule has 1 aliphatic heterocycles. The molecular formula is C30H27ClN4O5. The fraction of sp³-hybridized carbons (Fsp3) is 0.200. The van der Waals surface area contributed by atoms with E-state index in [0.717, 1.165) is 16.9 Å². The number of rotatable bonds is 10. The first-order chi connectivity index (χ1) is 19.3. The van der Waals surface area contributed by atoms with E-state index in [4.69, 9.17) is 21.1 Å². The van der Waals surface area contributed by atoms with Crippen molar-refractivity contribution in [3.63, 3.8) is 0 Å². The van der Waals surface area contributed by atoms with Crippen molar-refractivity contribution in [2.24, 2.45) is 0 Å². The maximum atomic E-state index is 13.0. The number of nitrogens with zero attached hydrogens (tertiary/aromatic N) is 2. The number of nitrogens with one attached hydrogen (secondary N) is 2. The van der Waals surface area contributed by atoms with Gasteiger partial charge in [0.25, 0.3) is 5.91 Å². The molecule has 0 unspecified atom stereocenters. The van der Waals surface area contributed by atoms with Crippen LogP contribution < -0.4 is 20.1 Å². The van der Waals surface area contributed by atoms with Gasteiger partial charge in [-0.15, -0.1) is 0 Å². The second-order valence-electron chi connectivity index (χ2n) is 8.76. The molecule has 3 aromatic carbocycles. The minimum absolute atomic E-state index is 0.0121. The van der Waals surface area contributed by atoms with Crippen LogP contribution in [0.5, 0.6) is 11.5 Å². The van der Waals surface area contributed by atoms with Crippen LogP contribution in [0.3, 0.4) is 0 Å². The molecule has 0 atom stereocenters. The fourth-order valence-electron chi connectivity index (χ4n) is 4.15. The van der Waals surface area contributed by atoms with E-state index in [0.29, 0.717) is 34.7 Å². The molecule has 204 valence electrons. The summed E-state index contributed by atoms with van der Waals surface area (Å²) in [6.45, 7) is 3.74. The van der Waals surface area contributed by atoms with Crippen molar-refractivity contribution in [1.82, 2.24) is 10.2 Å². The first-order valence-electron chi connectivity index (χ1n) is 12.6. The van der Waals surface area contributed by atoms with Crippen LogP contribution in [0.2, 0.25) is 5.02 Å². The highest BCUT2D eigenvalue weighted by atomic mass is 35.5. The van der Waals surface area contributed by atoms with Crippen LogP contribution in [0.25, 0.3) is 6.08 Å². The summed E-state index contributed by atoms with van der Waals surface area (Å²) in [5, 5.41) is 14.8. The Hall–Kier alpha value is -4.81. The Morgan fingerprint density at radius 3 is 2.52 bits per heavy atom. The molecule has 3 aromatic rings. The average Bonchev–Trinajstić information content (AvgIpc) is 3.20. The molecule has 0 saturated carbocycles. The Bertz CT molecular complexity index is 1530. The smallest absolute Gasteiger partial charge is 0.329 e. The van der Waals surface area contributed by atoms with Crippen molar-refractivity contribution in [3.05, 3.63) is 93.6 Å². The van der Waals surface area contributed by atoms with E-state index in [-0.39, 0.29) is 23.1 Å². The molecule has 0 spiro atoms. The summed E-state index contributed by atoms with van der Waals surface area (Å²) in [6.07, 6.45) is 2.17. The number of carbonyl (C=O) groups is 3. The number of carbonyl (C=O) groups excluding carboxylic acids is 3. The molecule has 0 aromatic heterocycles. The monoisotopic (exact) mass is 558 g/mol. The third-order valence-electron chi connectivity index (χ3n) is 6.09. The highest BCUT2D eigenvalue weighted by Crippen LogP contribution is 2.38. The van der Waals surface area contributed by atoms with Gasteiger partial charge in [-0.2, -0.15) is 5.26 Å². The summed E-state index contributed by atoms with van der Waals surface area (Å²) in [7, 11) is 0. The van der Waals surface area contributed by atoms with E-state index in [1.54, 1.807) is 49.4 Å². The molecule has 4 rings (SSSR count). The van der Waals surface area contributed by atoms with Gasteiger partial charge in [-0.25, -0.2) is 9.69 Å². The molecule has 0 bridgehead atoms. The third-order valence-corrected chi connectivity index (χ3v) is 6.37. The minimum Gasteiger partial charge on any atom is -0.490 e. The Kier molecular flexibility index (Phi) is 9.04. The van der Waals surface area contributed by atoms with Gasteiger partial charge in [0.2, 0.25) is 5.91 Å². The summed E-state index contributed by atoms with van der Waals surface area (Å²) >= 11 is 6.53. The van der Waals surface area contributed by atoms with E-state index < -0.39 is 24.4 Å². The number of hydrogen-bond donors (Lipinski definition) is 2. The number of aryl methyl sites for hydroxylation is 1. The predicted octanol–water partition coefficient (Wildman–Crippen LogP) is 5.28. The van der Waals surface area contributed by atoms with Gasteiger partial charge in [0, 0.05) is 11.3 Å². The minimum atomic E-state index is -0.706. The molecule has 1 saturated heterocycles. The highest BCUT2D eigenvalue weighted by molar-refractivity contribution is 6.32. The summed E-state index contributed by atoms with van der Waals surface area (Å²) in [6, 6.07) is 19.0. The Labute approximate surface area is 236 Å². The van der Waals surface area contributed by atoms with Crippen LogP contribution >= 0.6 is 11.6 Å². The first kappa shape index (κ1) is 28.2. The van der Waals surface area contributed by atoms with Gasteiger partial charge in [-0.1, -0.05) is 54.9 Å². The quantitative estimate of drug-likeness (QED) is 0.258. The van der Waals surface area contributed by atoms with Crippen molar-refractivity contribution in [2.45, 2.75) is 26.9 Å². The number of nitriles is 1. The van der Waals surface area contributed by atoms with Gasteiger partial charge in [-0.3, -0.25) is 9.59 Å². The van der Waals surface area contributed by atoms with E-state index in [9.17, 15) is 19.6 Å². The van der Waals surface area contributed by atoms with Crippen molar-refractivity contribution < 1.29 is 23.9 Å². The maximum absolute atomic E-state index is 13.0. The lowest BCUT2D eigenvalue weighted by Crippen LogP contribution is -2.38. The maximum Gasteiger partial charge on any atom is 0.329 e. The summed E-state index contributed by atoms with van der Waals surface area (Å²) in [5.41, 5.74) is 3.22. The Balaban J connectivity index is 1.50. The largest absolute Gasteiger partial charge is 0.490 e. The van der Waals surface area contributed by atoms with Crippen molar-refractivity contribution >= 4 is 41.2 Å². The zero-order valence-corrected chi connectivity index (χ0v) is 22.7. The number of ether oxygens (including phenoxy) is 2. The standard InChI is InChI=1S/C30H27ClN4O5/c1-3-20-9-7-8-12-24(20)33-27(36)17-35-29(37)25(34-30(35)38)14-19-13-23(31)28(26(15-19)39-4-2)40-18-22-11-6-5-10-21(22)16-32/h5-15H,3-4,17-18H2,1-2H3,(H,33,36)(H,34,38)/b25-14+. The number of anilines is 1. The van der Waals surface area contributed by atoms with Crippen LogP contribution in [0.4, 0.5) is 10.5 Å². The number of imide groups is 1. The zero-order chi connectivity index (χ0) is 28.6. The number of urea groups is 1. The van der Waals surface area contributed by atoms with Gasteiger partial charge in [-0.05, 0) is 54.8 Å². The normalized spacial score (nSPS) is 13.7. The van der Waals surface area contributed by atoms with Gasteiger partial charge in [0.05, 0.1) is 23.3 Å². The zero-order valence-electron chi connectivity index (χ0n) is 22.0. The number of amides is 4. The van der Waals surface area contributed by atoms with Crippen molar-refractivity contribution in [1.29, 1.82) is 5.26 Å². The Morgan fingerprint density at radius 1 is 1.07 bits per heavy atom. The molecule has 4 amide bonds. The van der Waals surface area contributed by atoms with Crippen LogP contribution in [0, 0.1) is 11.3 Å². The lowest BCUT2D eigenvalue weighted by molar-refractivity contribution is -0.127. The number of halogens is 1. The fourth-order valence-corrected chi connectivity index (χ4v) is 4.42. The van der Waals surface area contributed by atoms with Crippen LogP contribution in [0.1, 0.15) is 36.1 Å². The van der Waals surface area contributed by atoms with Crippen LogP contribution in [-0.4, -0.2) is 35.9 Å². The third kappa shape index (κ3) is 6.42.